The van der Waals surface area contributed by atoms with E-state index in [-0.39, 0.29) is 36.3 Å². The summed E-state index contributed by atoms with van der Waals surface area (Å²) in [5.74, 6) is -0.748. The first-order valence-corrected chi connectivity index (χ1v) is 7.48. The molecule has 0 saturated heterocycles. The molecule has 1 amide bonds. The van der Waals surface area contributed by atoms with Crippen LogP contribution in [0.1, 0.15) is 40.0 Å². The number of guanidine groups is 1. The fraction of sp³-hybridized carbons (Fsp3) is 0.667. The Kier molecular flexibility index (Phi) is 6.39. The maximum absolute atomic E-state index is 11.5. The molecule has 1 aliphatic rings. The van der Waals surface area contributed by atoms with Gasteiger partial charge in [0.2, 0.25) is 5.91 Å². The van der Waals surface area contributed by atoms with Crippen LogP contribution in [-0.4, -0.2) is 35.0 Å². The molecule has 22 heavy (non-hydrogen) atoms. The zero-order valence-corrected chi connectivity index (χ0v) is 13.4. The van der Waals surface area contributed by atoms with Crippen molar-refractivity contribution in [1.29, 1.82) is 0 Å². The lowest BCUT2D eigenvalue weighted by atomic mass is 9.78. The van der Waals surface area contributed by atoms with Crippen molar-refractivity contribution in [2.45, 2.75) is 52.1 Å². The van der Waals surface area contributed by atoms with Gasteiger partial charge in [0.1, 0.15) is 0 Å². The van der Waals surface area contributed by atoms with Crippen LogP contribution in [0.2, 0.25) is 0 Å². The third kappa shape index (κ3) is 5.38. The van der Waals surface area contributed by atoms with Crippen molar-refractivity contribution in [2.75, 3.05) is 0 Å². The van der Waals surface area contributed by atoms with E-state index in [4.69, 9.17) is 16.6 Å². The molecule has 0 heterocycles. The summed E-state index contributed by atoms with van der Waals surface area (Å²) in [5, 5.41) is 12.1. The quantitative estimate of drug-likeness (QED) is 0.421. The Morgan fingerprint density at radius 1 is 1.45 bits per heavy atom. The number of nitrogens with zero attached hydrogens (tertiary/aromatic N) is 1. The maximum atomic E-state index is 11.5. The molecule has 0 fully saturated rings. The van der Waals surface area contributed by atoms with E-state index in [0.29, 0.717) is 17.9 Å². The lowest BCUT2D eigenvalue weighted by Crippen LogP contribution is -2.46. The molecule has 0 aromatic heterocycles. The van der Waals surface area contributed by atoms with Crippen LogP contribution in [0.3, 0.4) is 0 Å². The molecule has 6 N–H and O–H groups in total. The third-order valence-corrected chi connectivity index (χ3v) is 3.78. The Hall–Kier alpha value is -2.05. The number of allylic oxidation sites excluding steroid dienone is 1. The second-order valence-corrected chi connectivity index (χ2v) is 6.20. The second-order valence-electron chi connectivity index (χ2n) is 6.20. The normalized spacial score (nSPS) is 22.6. The molecule has 0 bridgehead atoms. The smallest absolute Gasteiger partial charge is 0.331 e. The Morgan fingerprint density at radius 2 is 2.09 bits per heavy atom. The molecule has 0 saturated carbocycles. The highest BCUT2D eigenvalue weighted by molar-refractivity contribution is 5.87. The van der Waals surface area contributed by atoms with E-state index in [1.807, 2.05) is 0 Å². The van der Waals surface area contributed by atoms with Crippen LogP contribution >= 0.6 is 0 Å². The predicted molar refractivity (Wildman–Crippen MR) is 85.1 cm³/mol. The molecule has 7 nitrogen and oxygen atoms in total. The summed E-state index contributed by atoms with van der Waals surface area (Å²) in [7, 11) is 0. The lowest BCUT2D eigenvalue weighted by molar-refractivity contribution is -0.133. The summed E-state index contributed by atoms with van der Waals surface area (Å²) in [6.45, 7) is 5.63. The number of rotatable bonds is 6. The number of hydrogen-bond donors (Lipinski definition) is 4. The summed E-state index contributed by atoms with van der Waals surface area (Å²) in [6, 6.07) is -0.422. The lowest BCUT2D eigenvalue weighted by Gasteiger charge is -2.35. The van der Waals surface area contributed by atoms with Gasteiger partial charge in [0.15, 0.2) is 5.96 Å². The number of carbonyl (C=O) groups is 2. The second kappa shape index (κ2) is 7.82. The number of carboxylic acids is 1. The highest BCUT2D eigenvalue weighted by Gasteiger charge is 2.34. The number of aliphatic imine (C=N–C) groups is 1. The molecular formula is C15H26N4O3. The third-order valence-electron chi connectivity index (χ3n) is 3.78. The highest BCUT2D eigenvalue weighted by Crippen LogP contribution is 2.31. The van der Waals surface area contributed by atoms with Crippen LogP contribution in [0.25, 0.3) is 0 Å². The number of nitrogens with one attached hydrogen (secondary N) is 1. The average molecular weight is 310 g/mol. The number of aliphatic carboxylic acids is 1. The van der Waals surface area contributed by atoms with Gasteiger partial charge in [-0.25, -0.2) is 9.79 Å². The van der Waals surface area contributed by atoms with E-state index in [1.54, 1.807) is 6.08 Å². The van der Waals surface area contributed by atoms with Gasteiger partial charge >= 0.3 is 5.97 Å². The highest BCUT2D eigenvalue weighted by atomic mass is 16.4. The molecule has 3 atom stereocenters. The molecular weight excluding hydrogens is 284 g/mol. The molecule has 124 valence electrons. The molecule has 1 aliphatic carbocycles. The SMILES string of the molecule is CC(=O)N[C@@H](CC(C)C)[C@@H]1CC=C(C(=O)O)C[C@H]1N=C(N)N. The Balaban J connectivity index is 3.05. The van der Waals surface area contributed by atoms with Crippen LogP contribution in [-0.2, 0) is 9.59 Å². The predicted octanol–water partition coefficient (Wildman–Crippen LogP) is 0.600. The summed E-state index contributed by atoms with van der Waals surface area (Å²) in [4.78, 5) is 26.8. The van der Waals surface area contributed by atoms with Gasteiger partial charge in [0, 0.05) is 30.9 Å². The molecule has 0 aromatic rings. The van der Waals surface area contributed by atoms with Crippen molar-refractivity contribution in [3.63, 3.8) is 0 Å². The maximum Gasteiger partial charge on any atom is 0.331 e. The Bertz CT molecular complexity index is 481. The van der Waals surface area contributed by atoms with Gasteiger partial charge in [-0.3, -0.25) is 4.79 Å². The molecule has 0 unspecified atom stereocenters. The van der Waals surface area contributed by atoms with E-state index in [2.05, 4.69) is 24.2 Å². The minimum Gasteiger partial charge on any atom is -0.478 e. The number of amides is 1. The molecule has 0 aromatic carbocycles. The Labute approximate surface area is 130 Å². The van der Waals surface area contributed by atoms with Gasteiger partial charge in [-0.2, -0.15) is 0 Å². The van der Waals surface area contributed by atoms with Crippen molar-refractivity contribution in [3.05, 3.63) is 11.6 Å². The van der Waals surface area contributed by atoms with Crippen molar-refractivity contribution in [3.8, 4) is 0 Å². The summed E-state index contributed by atoms with van der Waals surface area (Å²) in [5.41, 5.74) is 11.3. The first kappa shape index (κ1) is 18.0. The van der Waals surface area contributed by atoms with E-state index >= 15 is 0 Å². The fourth-order valence-electron chi connectivity index (χ4n) is 2.95. The Morgan fingerprint density at radius 3 is 2.55 bits per heavy atom. The van der Waals surface area contributed by atoms with Crippen molar-refractivity contribution < 1.29 is 14.7 Å². The molecule has 7 heteroatoms. The molecule has 0 radical (unpaired) electrons. The van der Waals surface area contributed by atoms with Gasteiger partial charge < -0.3 is 21.9 Å². The van der Waals surface area contributed by atoms with Crippen molar-refractivity contribution in [1.82, 2.24) is 5.32 Å². The summed E-state index contributed by atoms with van der Waals surface area (Å²) >= 11 is 0. The van der Waals surface area contributed by atoms with E-state index in [1.165, 1.54) is 6.92 Å². The summed E-state index contributed by atoms with van der Waals surface area (Å²) < 4.78 is 0. The van der Waals surface area contributed by atoms with E-state index in [9.17, 15) is 9.59 Å². The zero-order chi connectivity index (χ0) is 16.9. The first-order valence-electron chi connectivity index (χ1n) is 7.48. The molecule has 0 aliphatic heterocycles. The van der Waals surface area contributed by atoms with Gasteiger partial charge in [0.25, 0.3) is 0 Å². The first-order chi connectivity index (χ1) is 10.2. The van der Waals surface area contributed by atoms with Crippen molar-refractivity contribution >= 4 is 17.8 Å². The van der Waals surface area contributed by atoms with Crippen LogP contribution < -0.4 is 16.8 Å². The summed E-state index contributed by atoms with van der Waals surface area (Å²) in [6.07, 6.45) is 3.30. The van der Waals surface area contributed by atoms with E-state index < -0.39 is 5.97 Å². The van der Waals surface area contributed by atoms with Gasteiger partial charge in [-0.05, 0) is 18.8 Å². The minimum absolute atomic E-state index is 0.0171. The fourth-order valence-corrected chi connectivity index (χ4v) is 2.95. The average Bonchev–Trinajstić information content (AvgIpc) is 2.35. The topological polar surface area (TPSA) is 131 Å². The number of carboxylic acid groups (broad SMARTS) is 1. The van der Waals surface area contributed by atoms with Gasteiger partial charge in [-0.1, -0.05) is 19.9 Å². The van der Waals surface area contributed by atoms with Crippen molar-refractivity contribution in [2.24, 2.45) is 28.3 Å². The van der Waals surface area contributed by atoms with Crippen LogP contribution in [0.5, 0.6) is 0 Å². The number of hydrogen-bond acceptors (Lipinski definition) is 3. The van der Waals surface area contributed by atoms with E-state index in [0.717, 1.165) is 6.42 Å². The molecule has 0 spiro atoms. The molecule has 1 rings (SSSR count). The van der Waals surface area contributed by atoms with Gasteiger partial charge in [0.05, 0.1) is 6.04 Å². The van der Waals surface area contributed by atoms with Crippen LogP contribution in [0.15, 0.2) is 16.6 Å². The zero-order valence-electron chi connectivity index (χ0n) is 13.4. The van der Waals surface area contributed by atoms with Crippen LogP contribution in [0.4, 0.5) is 0 Å². The largest absolute Gasteiger partial charge is 0.478 e. The number of nitrogens with two attached hydrogens (primary N) is 2. The van der Waals surface area contributed by atoms with Gasteiger partial charge in [-0.15, -0.1) is 0 Å². The monoisotopic (exact) mass is 310 g/mol. The minimum atomic E-state index is -0.950. The van der Waals surface area contributed by atoms with Crippen LogP contribution in [0, 0.1) is 11.8 Å². The standard InChI is InChI=1S/C15H26N4O3/c1-8(2)6-12(18-9(3)20)11-5-4-10(14(21)22)7-13(11)19-15(16)17/h4,8,11-13H,5-7H2,1-3H3,(H,18,20)(H,21,22)(H4,16,17,19)/t11-,12-,13+/m0/s1. The number of carbonyl (C=O) groups excluding carboxylic acids is 1.